The van der Waals surface area contributed by atoms with Crippen molar-refractivity contribution in [3.63, 3.8) is 0 Å². The molecule has 14 nitrogen and oxygen atoms in total. The second kappa shape index (κ2) is 15.1. The number of amides is 1. The number of Topliss-reactive ketones (excluding diaryl/α,β-unsaturated/α-hetero) is 4. The molecule has 292 valence electrons. The fourth-order valence-corrected chi connectivity index (χ4v) is 10.6. The molecular formula is C40H47N4O10P. The number of primary amides is 1. The molecule has 0 saturated heterocycles. The molecule has 3 aromatic rings. The van der Waals surface area contributed by atoms with Crippen molar-refractivity contribution in [2.75, 3.05) is 51.6 Å². The van der Waals surface area contributed by atoms with Crippen LogP contribution in [-0.4, -0.2) is 97.2 Å². The number of anilines is 2. The van der Waals surface area contributed by atoms with E-state index in [1.807, 2.05) is 30.3 Å². The van der Waals surface area contributed by atoms with E-state index < -0.39 is 83.5 Å². The van der Waals surface area contributed by atoms with Gasteiger partial charge in [-0.3, -0.25) is 33.4 Å². The summed E-state index contributed by atoms with van der Waals surface area (Å²) in [6.45, 7) is 3.74. The Kier molecular flexibility index (Phi) is 11.0. The zero-order chi connectivity index (χ0) is 40.1. The van der Waals surface area contributed by atoms with Crippen LogP contribution in [0.4, 0.5) is 11.4 Å². The molecule has 15 heteroatoms. The fourth-order valence-electron chi connectivity index (χ4n) is 8.70. The number of nitrogens with two attached hydrogens (primary N) is 1. The number of ketones is 4. The zero-order valence-corrected chi connectivity index (χ0v) is 32.5. The maximum Gasteiger partial charge on any atom is 0.357 e. The Bertz CT molecular complexity index is 2080. The number of para-hydroxylation sites is 1. The first-order chi connectivity index (χ1) is 26.0. The SMILES string of the molecule is CCOP(=O)(OCC)C(Nc1ccccc1)c1ccc(-c2cc(N(C)C)c3c(c2O)C(=O)C2C(=O)[C@]4(O)C(=O)C(C(N)=O)C(=O)C(N(C)C)[C@@H]4C[C@@H]2C3)cc1. The quantitative estimate of drug-likeness (QED) is 0.152. The molecule has 2 saturated carbocycles. The predicted octanol–water partition coefficient (Wildman–Crippen LogP) is 3.98. The summed E-state index contributed by atoms with van der Waals surface area (Å²) in [5.74, 6) is -12.1. The van der Waals surface area contributed by atoms with Gasteiger partial charge in [-0.1, -0.05) is 42.5 Å². The van der Waals surface area contributed by atoms with Gasteiger partial charge < -0.3 is 35.2 Å². The summed E-state index contributed by atoms with van der Waals surface area (Å²) in [6, 6.07) is 16.6. The van der Waals surface area contributed by atoms with E-state index in [1.165, 1.54) is 4.90 Å². The largest absolute Gasteiger partial charge is 0.507 e. The van der Waals surface area contributed by atoms with E-state index in [4.69, 9.17) is 14.8 Å². The van der Waals surface area contributed by atoms with Gasteiger partial charge in [-0.05, 0) is 81.6 Å². The summed E-state index contributed by atoms with van der Waals surface area (Å²) < 4.78 is 25.6. The Balaban J connectivity index is 1.43. The highest BCUT2D eigenvalue weighted by molar-refractivity contribution is 7.54. The van der Waals surface area contributed by atoms with Crippen molar-refractivity contribution < 1.29 is 47.8 Å². The van der Waals surface area contributed by atoms with Crippen LogP contribution in [-0.2, 0) is 39.2 Å². The third-order valence-corrected chi connectivity index (χ3v) is 13.4. The number of fused-ring (bicyclic) bond motifs is 3. The molecule has 0 heterocycles. The van der Waals surface area contributed by atoms with Gasteiger partial charge in [0.2, 0.25) is 5.91 Å². The molecule has 3 aromatic carbocycles. The van der Waals surface area contributed by atoms with Crippen molar-refractivity contribution >= 4 is 48.0 Å². The molecule has 55 heavy (non-hydrogen) atoms. The van der Waals surface area contributed by atoms with Gasteiger partial charge in [0.15, 0.2) is 40.4 Å². The van der Waals surface area contributed by atoms with Crippen molar-refractivity contribution in [2.45, 2.75) is 44.1 Å². The van der Waals surface area contributed by atoms with Crippen molar-refractivity contribution in [3.05, 3.63) is 77.4 Å². The first-order valence-electron chi connectivity index (χ1n) is 18.2. The number of aromatic hydroxyl groups is 1. The lowest BCUT2D eigenvalue weighted by Crippen LogP contribution is -2.74. The van der Waals surface area contributed by atoms with Gasteiger partial charge >= 0.3 is 7.60 Å². The van der Waals surface area contributed by atoms with Gasteiger partial charge in [-0.2, -0.15) is 0 Å². The Hall–Kier alpha value is -4.72. The van der Waals surface area contributed by atoms with Crippen LogP contribution < -0.4 is 16.0 Å². The molecule has 5 N–H and O–H groups in total. The number of carbonyl (C=O) groups is 5. The van der Waals surface area contributed by atoms with E-state index in [0.29, 0.717) is 28.1 Å². The Labute approximate surface area is 319 Å². The summed E-state index contributed by atoms with van der Waals surface area (Å²) >= 11 is 0. The molecule has 0 aromatic heterocycles. The Morgan fingerprint density at radius 3 is 2.15 bits per heavy atom. The van der Waals surface area contributed by atoms with Gasteiger partial charge in [-0.15, -0.1) is 0 Å². The summed E-state index contributed by atoms with van der Waals surface area (Å²) in [5.41, 5.74) is 5.62. The minimum Gasteiger partial charge on any atom is -0.507 e. The number of carbonyl (C=O) groups excluding carboxylic acids is 5. The van der Waals surface area contributed by atoms with E-state index in [-0.39, 0.29) is 37.2 Å². The molecular weight excluding hydrogens is 727 g/mol. The summed E-state index contributed by atoms with van der Waals surface area (Å²) in [7, 11) is 2.89. The van der Waals surface area contributed by atoms with Gasteiger partial charge in [0, 0.05) is 37.0 Å². The average Bonchev–Trinajstić information content (AvgIpc) is 3.12. The second-order valence-corrected chi connectivity index (χ2v) is 16.9. The molecule has 0 aliphatic heterocycles. The van der Waals surface area contributed by atoms with E-state index >= 15 is 0 Å². The topological polar surface area (TPSA) is 206 Å². The highest BCUT2D eigenvalue weighted by Crippen LogP contribution is 2.61. The van der Waals surface area contributed by atoms with Gasteiger partial charge in [-0.25, -0.2) is 0 Å². The maximum absolute atomic E-state index is 14.6. The lowest BCUT2D eigenvalue weighted by Gasteiger charge is -2.52. The van der Waals surface area contributed by atoms with Crippen molar-refractivity contribution in [3.8, 4) is 16.9 Å². The zero-order valence-electron chi connectivity index (χ0n) is 31.6. The second-order valence-electron chi connectivity index (χ2n) is 14.7. The van der Waals surface area contributed by atoms with E-state index in [1.54, 1.807) is 77.3 Å². The van der Waals surface area contributed by atoms with Crippen LogP contribution in [0.5, 0.6) is 5.75 Å². The number of hydrogen-bond acceptors (Lipinski definition) is 13. The Morgan fingerprint density at radius 2 is 1.60 bits per heavy atom. The smallest absolute Gasteiger partial charge is 0.357 e. The molecule has 0 radical (unpaired) electrons. The van der Waals surface area contributed by atoms with Crippen LogP contribution in [0.25, 0.3) is 11.1 Å². The van der Waals surface area contributed by atoms with Crippen LogP contribution in [0.2, 0.25) is 0 Å². The minimum absolute atomic E-state index is 0.0493. The summed E-state index contributed by atoms with van der Waals surface area (Å²) in [5, 5.41) is 27.2. The number of benzene rings is 3. The first kappa shape index (κ1) is 40.0. The van der Waals surface area contributed by atoms with Crippen molar-refractivity contribution in [2.24, 2.45) is 29.4 Å². The van der Waals surface area contributed by atoms with Gasteiger partial charge in [0.05, 0.1) is 30.7 Å². The number of likely N-dealkylation sites (N-methyl/N-ethyl adjacent to an activating group) is 1. The monoisotopic (exact) mass is 774 g/mol. The normalized spacial score (nSPS) is 25.6. The first-order valence-corrected chi connectivity index (χ1v) is 19.8. The van der Waals surface area contributed by atoms with E-state index in [0.717, 1.165) is 0 Å². The number of rotatable bonds is 12. The number of phenolic OH excluding ortho intramolecular Hbond substituents is 1. The molecule has 1 amide bonds. The number of nitrogens with zero attached hydrogens (tertiary/aromatic N) is 2. The Morgan fingerprint density at radius 1 is 0.982 bits per heavy atom. The lowest BCUT2D eigenvalue weighted by atomic mass is 9.52. The number of hydrogen-bond donors (Lipinski definition) is 4. The van der Waals surface area contributed by atoms with Crippen molar-refractivity contribution in [1.29, 1.82) is 0 Å². The fraction of sp³-hybridized carbons (Fsp3) is 0.425. The van der Waals surface area contributed by atoms with Gasteiger partial charge in [0.1, 0.15) is 5.75 Å². The number of nitrogens with one attached hydrogen (secondary N) is 1. The van der Waals surface area contributed by atoms with Gasteiger partial charge in [0.25, 0.3) is 0 Å². The third kappa shape index (κ3) is 6.59. The van der Waals surface area contributed by atoms with Crippen LogP contribution in [0.3, 0.4) is 0 Å². The average molecular weight is 775 g/mol. The number of phenols is 1. The molecule has 2 fully saturated rings. The highest BCUT2D eigenvalue weighted by atomic mass is 31.2. The van der Waals surface area contributed by atoms with Crippen LogP contribution >= 0.6 is 7.60 Å². The maximum atomic E-state index is 14.6. The molecule has 3 aliphatic rings. The summed E-state index contributed by atoms with van der Waals surface area (Å²) in [4.78, 5) is 71.6. The standard InChI is InChI=1S/C40H47N4O10P/c1-7-53-55(52,54-8-2)39(42-24-12-10-9-11-13-24)22-16-14-21(15-17-22)25-20-28(43(3)4)26-18-23-19-27-32(44(5)6)35(47)31(38(41)50)37(49)40(27,51)36(48)29(23)34(46)30(26)33(25)45/h9-17,20,23,27,29,31-32,39,42,45,51H,7-8,18-19H2,1-6H3,(H2,41,50)/t23-,27-,29?,31?,32?,39?,40-/m0/s1. The lowest BCUT2D eigenvalue weighted by molar-refractivity contribution is -0.181. The van der Waals surface area contributed by atoms with Crippen LogP contribution in [0.1, 0.15) is 47.5 Å². The minimum atomic E-state index is -3.76. The molecule has 7 atom stereocenters. The molecule has 3 aliphatic carbocycles. The summed E-state index contributed by atoms with van der Waals surface area (Å²) in [6.07, 6.45) is 0.0787. The highest BCUT2D eigenvalue weighted by Gasteiger charge is 2.69. The van der Waals surface area contributed by atoms with E-state index in [2.05, 4.69) is 5.32 Å². The molecule has 4 unspecified atom stereocenters. The van der Waals surface area contributed by atoms with Crippen molar-refractivity contribution in [1.82, 2.24) is 4.90 Å². The molecule has 0 spiro atoms. The molecule has 6 rings (SSSR count). The third-order valence-electron chi connectivity index (χ3n) is 11.1. The predicted molar refractivity (Wildman–Crippen MR) is 205 cm³/mol. The molecule has 0 bridgehead atoms. The van der Waals surface area contributed by atoms with Crippen LogP contribution in [0.15, 0.2) is 60.7 Å². The number of aliphatic hydroxyl groups is 1. The van der Waals surface area contributed by atoms with Crippen LogP contribution in [0, 0.1) is 23.7 Å². The van der Waals surface area contributed by atoms with E-state index in [9.17, 15) is 38.8 Å².